The first-order valence-electron chi connectivity index (χ1n) is 9.15. The Labute approximate surface area is 165 Å². The van der Waals surface area contributed by atoms with Crippen LogP contribution in [0.4, 0.5) is 5.69 Å². The van der Waals surface area contributed by atoms with Crippen LogP contribution in [0.25, 0.3) is 0 Å². The van der Waals surface area contributed by atoms with Gasteiger partial charge in [-0.2, -0.15) is 4.31 Å². The van der Waals surface area contributed by atoms with Crippen molar-refractivity contribution in [1.82, 2.24) is 4.31 Å². The number of nitrogens with zero attached hydrogens (tertiary/aromatic N) is 1. The van der Waals surface area contributed by atoms with Gasteiger partial charge in [0.25, 0.3) is 5.91 Å². The Morgan fingerprint density at radius 3 is 2.22 bits per heavy atom. The van der Waals surface area contributed by atoms with Gasteiger partial charge in [-0.3, -0.25) is 4.79 Å². The second-order valence-corrected chi connectivity index (χ2v) is 11.0. The van der Waals surface area contributed by atoms with E-state index in [4.69, 9.17) is 0 Å². The van der Waals surface area contributed by atoms with Crippen molar-refractivity contribution < 1.29 is 13.2 Å². The highest BCUT2D eigenvalue weighted by Gasteiger charge is 2.31. The molecule has 27 heavy (non-hydrogen) atoms. The van der Waals surface area contributed by atoms with E-state index in [2.05, 4.69) is 19.2 Å². The minimum Gasteiger partial charge on any atom is -0.322 e. The summed E-state index contributed by atoms with van der Waals surface area (Å²) >= 11 is 1.58. The van der Waals surface area contributed by atoms with Crippen molar-refractivity contribution in [3.8, 4) is 0 Å². The van der Waals surface area contributed by atoms with Gasteiger partial charge in [0.05, 0.1) is 10.5 Å². The van der Waals surface area contributed by atoms with Gasteiger partial charge in [0.15, 0.2) is 0 Å². The Kier molecular flexibility index (Phi) is 5.74. The molecule has 2 heterocycles. The molecule has 2 aromatic rings. The number of anilines is 1. The molecule has 0 unspecified atom stereocenters. The fourth-order valence-electron chi connectivity index (χ4n) is 3.72. The van der Waals surface area contributed by atoms with Gasteiger partial charge in [-0.1, -0.05) is 13.8 Å². The van der Waals surface area contributed by atoms with E-state index in [0.717, 1.165) is 16.2 Å². The van der Waals surface area contributed by atoms with Gasteiger partial charge in [0, 0.05) is 28.5 Å². The first-order chi connectivity index (χ1) is 12.7. The van der Waals surface area contributed by atoms with E-state index in [1.165, 1.54) is 0 Å². The van der Waals surface area contributed by atoms with Crippen molar-refractivity contribution in [2.24, 2.45) is 11.8 Å². The molecule has 1 aliphatic rings. The van der Waals surface area contributed by atoms with Gasteiger partial charge in [0.2, 0.25) is 10.0 Å². The van der Waals surface area contributed by atoms with Crippen LogP contribution in [-0.2, 0) is 10.0 Å². The molecule has 1 N–H and O–H groups in total. The molecule has 146 valence electrons. The van der Waals surface area contributed by atoms with Crippen LogP contribution in [0.15, 0.2) is 35.2 Å². The third kappa shape index (κ3) is 4.42. The maximum absolute atomic E-state index is 12.9. The van der Waals surface area contributed by atoms with Gasteiger partial charge >= 0.3 is 0 Å². The predicted molar refractivity (Wildman–Crippen MR) is 110 cm³/mol. The number of hydrogen-bond donors (Lipinski definition) is 1. The predicted octanol–water partition coefficient (Wildman–Crippen LogP) is 4.28. The second-order valence-electron chi connectivity index (χ2n) is 7.57. The van der Waals surface area contributed by atoms with Crippen LogP contribution < -0.4 is 5.32 Å². The largest absolute Gasteiger partial charge is 0.322 e. The maximum atomic E-state index is 12.9. The molecular formula is C20H26N2O3S2. The molecule has 1 aromatic carbocycles. The standard InChI is InChI=1S/C20H26N2O3S2/c1-13-9-14(2)12-22(11-13)27(24,25)18-7-5-17(6-8-18)21-20(23)19-10-15(3)26-16(19)4/h5-8,10,13-14H,9,11-12H2,1-4H3,(H,21,23)/t13-,14-/m1/s1. The number of hydrogen-bond acceptors (Lipinski definition) is 4. The van der Waals surface area contributed by atoms with E-state index in [-0.39, 0.29) is 10.8 Å². The molecule has 0 bridgehead atoms. The Hall–Kier alpha value is -1.70. The number of piperidine rings is 1. The number of rotatable bonds is 4. The number of nitrogens with one attached hydrogen (secondary N) is 1. The average molecular weight is 407 g/mol. The SMILES string of the molecule is Cc1cc(C(=O)Nc2ccc(S(=O)(=O)N3C[C@H](C)C[C@@H](C)C3)cc2)c(C)s1. The molecule has 0 radical (unpaired) electrons. The topological polar surface area (TPSA) is 66.5 Å². The van der Waals surface area contributed by atoms with E-state index >= 15 is 0 Å². The van der Waals surface area contributed by atoms with Crippen LogP contribution in [0.3, 0.4) is 0 Å². The number of benzene rings is 1. The van der Waals surface area contributed by atoms with E-state index in [0.29, 0.717) is 36.2 Å². The Balaban J connectivity index is 1.75. The third-order valence-corrected chi connectivity index (χ3v) is 7.68. The quantitative estimate of drug-likeness (QED) is 0.824. The third-order valence-electron chi connectivity index (χ3n) is 4.87. The lowest BCUT2D eigenvalue weighted by Gasteiger charge is -2.34. The average Bonchev–Trinajstić information content (AvgIpc) is 2.93. The molecule has 1 fully saturated rings. The molecule has 2 atom stereocenters. The first-order valence-corrected chi connectivity index (χ1v) is 11.4. The van der Waals surface area contributed by atoms with Crippen LogP contribution in [0, 0.1) is 25.7 Å². The van der Waals surface area contributed by atoms with Crippen molar-refractivity contribution in [1.29, 1.82) is 0 Å². The molecule has 1 aliphatic heterocycles. The molecule has 0 spiro atoms. The van der Waals surface area contributed by atoms with Crippen molar-refractivity contribution in [2.75, 3.05) is 18.4 Å². The highest BCUT2D eigenvalue weighted by molar-refractivity contribution is 7.89. The fraction of sp³-hybridized carbons (Fsp3) is 0.450. The summed E-state index contributed by atoms with van der Waals surface area (Å²) < 4.78 is 27.4. The lowest BCUT2D eigenvalue weighted by Crippen LogP contribution is -2.42. The second kappa shape index (κ2) is 7.73. The molecule has 7 heteroatoms. The van der Waals surface area contributed by atoms with Gasteiger partial charge in [-0.25, -0.2) is 8.42 Å². The Bertz CT molecular complexity index is 923. The number of carbonyl (C=O) groups excluding carboxylic acids is 1. The van der Waals surface area contributed by atoms with Crippen molar-refractivity contribution in [2.45, 2.75) is 39.0 Å². The lowest BCUT2D eigenvalue weighted by atomic mass is 9.94. The van der Waals surface area contributed by atoms with E-state index < -0.39 is 10.0 Å². The summed E-state index contributed by atoms with van der Waals surface area (Å²) in [6.07, 6.45) is 1.05. The van der Waals surface area contributed by atoms with Crippen LogP contribution in [0.5, 0.6) is 0 Å². The van der Waals surface area contributed by atoms with Crippen molar-refractivity contribution in [3.63, 3.8) is 0 Å². The van der Waals surface area contributed by atoms with E-state index in [9.17, 15) is 13.2 Å². The highest BCUT2D eigenvalue weighted by Crippen LogP contribution is 2.27. The fourth-order valence-corrected chi connectivity index (χ4v) is 6.32. The molecule has 1 aromatic heterocycles. The number of sulfonamides is 1. The van der Waals surface area contributed by atoms with E-state index in [1.807, 2.05) is 19.9 Å². The van der Waals surface area contributed by atoms with Gasteiger partial charge in [-0.15, -0.1) is 11.3 Å². The number of thiophene rings is 1. The maximum Gasteiger partial charge on any atom is 0.256 e. The zero-order valence-electron chi connectivity index (χ0n) is 16.2. The minimum atomic E-state index is -3.51. The molecule has 3 rings (SSSR count). The van der Waals surface area contributed by atoms with Crippen LogP contribution in [0.1, 0.15) is 40.4 Å². The molecule has 1 amide bonds. The van der Waals surface area contributed by atoms with Gasteiger partial charge in [-0.05, 0) is 62.4 Å². The van der Waals surface area contributed by atoms with Crippen molar-refractivity contribution >= 4 is 33.0 Å². The van der Waals surface area contributed by atoms with Crippen LogP contribution in [0.2, 0.25) is 0 Å². The monoisotopic (exact) mass is 406 g/mol. The Morgan fingerprint density at radius 1 is 1.11 bits per heavy atom. The van der Waals surface area contributed by atoms with Crippen molar-refractivity contribution in [3.05, 3.63) is 45.6 Å². The lowest BCUT2D eigenvalue weighted by molar-refractivity contribution is 0.102. The summed E-state index contributed by atoms with van der Waals surface area (Å²) in [4.78, 5) is 14.7. The van der Waals surface area contributed by atoms with Crippen LogP contribution in [-0.4, -0.2) is 31.7 Å². The molecule has 1 saturated heterocycles. The number of carbonyl (C=O) groups is 1. The smallest absolute Gasteiger partial charge is 0.256 e. The summed E-state index contributed by atoms with van der Waals surface area (Å²) in [5.41, 5.74) is 1.24. The summed E-state index contributed by atoms with van der Waals surface area (Å²) in [7, 11) is -3.51. The Morgan fingerprint density at radius 2 is 1.70 bits per heavy atom. The summed E-state index contributed by atoms with van der Waals surface area (Å²) in [6.45, 7) is 9.18. The first kappa shape index (κ1) is 20.0. The number of amides is 1. The molecule has 0 saturated carbocycles. The molecular weight excluding hydrogens is 380 g/mol. The highest BCUT2D eigenvalue weighted by atomic mass is 32.2. The van der Waals surface area contributed by atoms with Crippen LogP contribution >= 0.6 is 11.3 Å². The van der Waals surface area contributed by atoms with Gasteiger partial charge in [0.1, 0.15) is 0 Å². The van der Waals surface area contributed by atoms with E-state index in [1.54, 1.807) is 39.9 Å². The minimum absolute atomic E-state index is 0.175. The zero-order valence-corrected chi connectivity index (χ0v) is 17.8. The summed E-state index contributed by atoms with van der Waals surface area (Å²) in [5.74, 6) is 0.546. The van der Waals surface area contributed by atoms with Gasteiger partial charge < -0.3 is 5.32 Å². The molecule has 5 nitrogen and oxygen atoms in total. The summed E-state index contributed by atoms with van der Waals surface area (Å²) in [6, 6.07) is 8.31. The summed E-state index contributed by atoms with van der Waals surface area (Å²) in [5, 5.41) is 2.84. The number of aryl methyl sites for hydroxylation is 2. The normalized spacial score (nSPS) is 21.2. The molecule has 0 aliphatic carbocycles. The zero-order chi connectivity index (χ0) is 19.8.